The Labute approximate surface area is 160 Å². The van der Waals surface area contributed by atoms with Crippen molar-refractivity contribution in [3.05, 3.63) is 77.5 Å². The van der Waals surface area contributed by atoms with Gasteiger partial charge in [0.25, 0.3) is 5.91 Å². The van der Waals surface area contributed by atoms with Crippen LogP contribution in [0.15, 0.2) is 60.7 Å². The van der Waals surface area contributed by atoms with Crippen molar-refractivity contribution >= 4 is 16.8 Å². The standard InChI is InChI=1S/C23H25N3O/c1-18-16-21(20-10-5-6-11-22(20)24-18)23(27)26-13-7-12-25(14-15-26)17-19-8-3-2-4-9-19/h2-6,8-11,16H,7,12-15,17H2,1H3. The molecule has 0 atom stereocenters. The molecule has 4 nitrogen and oxygen atoms in total. The average Bonchev–Trinajstić information content (AvgIpc) is 2.93. The molecule has 1 aliphatic heterocycles. The van der Waals surface area contributed by atoms with E-state index in [1.807, 2.05) is 48.2 Å². The Bertz CT molecular complexity index is 939. The minimum atomic E-state index is 0.123. The molecule has 138 valence electrons. The van der Waals surface area contributed by atoms with Gasteiger partial charge in [0.15, 0.2) is 0 Å². The normalized spacial score (nSPS) is 15.7. The molecule has 1 amide bonds. The summed E-state index contributed by atoms with van der Waals surface area (Å²) in [5.74, 6) is 0.123. The summed E-state index contributed by atoms with van der Waals surface area (Å²) in [4.78, 5) is 22.3. The molecule has 27 heavy (non-hydrogen) atoms. The number of aromatic nitrogens is 1. The van der Waals surface area contributed by atoms with Gasteiger partial charge in [-0.05, 0) is 31.0 Å². The van der Waals surface area contributed by atoms with Gasteiger partial charge in [-0.15, -0.1) is 0 Å². The van der Waals surface area contributed by atoms with E-state index in [0.29, 0.717) is 0 Å². The van der Waals surface area contributed by atoms with E-state index < -0.39 is 0 Å². The zero-order chi connectivity index (χ0) is 18.6. The molecule has 0 unspecified atom stereocenters. The number of rotatable bonds is 3. The smallest absolute Gasteiger partial charge is 0.254 e. The van der Waals surface area contributed by atoms with E-state index in [-0.39, 0.29) is 5.91 Å². The van der Waals surface area contributed by atoms with Crippen LogP contribution in [0, 0.1) is 6.92 Å². The highest BCUT2D eigenvalue weighted by molar-refractivity contribution is 6.06. The van der Waals surface area contributed by atoms with Crippen molar-refractivity contribution in [2.45, 2.75) is 19.9 Å². The van der Waals surface area contributed by atoms with Gasteiger partial charge in [0.1, 0.15) is 0 Å². The van der Waals surface area contributed by atoms with Crippen molar-refractivity contribution in [2.24, 2.45) is 0 Å². The fraction of sp³-hybridized carbons (Fsp3) is 0.304. The molecule has 0 radical (unpaired) electrons. The van der Waals surface area contributed by atoms with Crippen LogP contribution in [0.5, 0.6) is 0 Å². The monoisotopic (exact) mass is 359 g/mol. The lowest BCUT2D eigenvalue weighted by atomic mass is 10.1. The quantitative estimate of drug-likeness (QED) is 0.712. The van der Waals surface area contributed by atoms with Gasteiger partial charge in [0, 0.05) is 43.8 Å². The zero-order valence-electron chi connectivity index (χ0n) is 15.8. The Morgan fingerprint density at radius 1 is 0.963 bits per heavy atom. The van der Waals surface area contributed by atoms with E-state index >= 15 is 0 Å². The van der Waals surface area contributed by atoms with Gasteiger partial charge >= 0.3 is 0 Å². The minimum Gasteiger partial charge on any atom is -0.337 e. The van der Waals surface area contributed by atoms with E-state index in [1.54, 1.807) is 0 Å². The van der Waals surface area contributed by atoms with E-state index in [1.165, 1.54) is 5.56 Å². The molecule has 0 N–H and O–H groups in total. The number of hydrogen-bond donors (Lipinski definition) is 0. The largest absolute Gasteiger partial charge is 0.337 e. The van der Waals surface area contributed by atoms with Crippen LogP contribution in [-0.4, -0.2) is 46.9 Å². The number of aryl methyl sites for hydroxylation is 1. The molecule has 0 saturated carbocycles. The fourth-order valence-corrected chi connectivity index (χ4v) is 3.83. The number of para-hydroxylation sites is 1. The molecule has 1 aliphatic rings. The Kier molecular flexibility index (Phi) is 5.16. The maximum absolute atomic E-state index is 13.3. The Hall–Kier alpha value is -2.72. The predicted octanol–water partition coefficient (Wildman–Crippen LogP) is 3.89. The molecule has 4 rings (SSSR count). The summed E-state index contributed by atoms with van der Waals surface area (Å²) in [6.07, 6.45) is 1.00. The predicted molar refractivity (Wildman–Crippen MR) is 109 cm³/mol. The number of carbonyl (C=O) groups excluding carboxylic acids is 1. The van der Waals surface area contributed by atoms with Crippen molar-refractivity contribution in [1.29, 1.82) is 0 Å². The summed E-state index contributed by atoms with van der Waals surface area (Å²) in [6.45, 7) is 6.39. The molecule has 2 heterocycles. The third kappa shape index (κ3) is 4.01. The van der Waals surface area contributed by atoms with Crippen molar-refractivity contribution in [3.63, 3.8) is 0 Å². The van der Waals surface area contributed by atoms with Crippen LogP contribution >= 0.6 is 0 Å². The third-order valence-electron chi connectivity index (χ3n) is 5.20. The average molecular weight is 359 g/mol. The Morgan fingerprint density at radius 3 is 2.59 bits per heavy atom. The van der Waals surface area contributed by atoms with E-state index in [0.717, 1.165) is 61.3 Å². The summed E-state index contributed by atoms with van der Waals surface area (Å²) in [7, 11) is 0. The third-order valence-corrected chi connectivity index (χ3v) is 5.20. The van der Waals surface area contributed by atoms with E-state index in [9.17, 15) is 4.79 Å². The van der Waals surface area contributed by atoms with Crippen molar-refractivity contribution in [3.8, 4) is 0 Å². The maximum atomic E-state index is 13.3. The first-order valence-corrected chi connectivity index (χ1v) is 9.63. The lowest BCUT2D eigenvalue weighted by Gasteiger charge is -2.23. The van der Waals surface area contributed by atoms with E-state index in [2.05, 4.69) is 34.1 Å². The molecule has 1 fully saturated rings. The summed E-state index contributed by atoms with van der Waals surface area (Å²) < 4.78 is 0. The number of benzene rings is 2. The summed E-state index contributed by atoms with van der Waals surface area (Å²) >= 11 is 0. The number of pyridine rings is 1. The van der Waals surface area contributed by atoms with E-state index in [4.69, 9.17) is 0 Å². The van der Waals surface area contributed by atoms with Crippen LogP contribution in [-0.2, 0) is 6.54 Å². The lowest BCUT2D eigenvalue weighted by molar-refractivity contribution is 0.0763. The SMILES string of the molecule is Cc1cc(C(=O)N2CCCN(Cc3ccccc3)CC2)c2ccccc2n1. The molecular formula is C23H25N3O. The van der Waals surface area contributed by atoms with Crippen LogP contribution in [0.25, 0.3) is 10.9 Å². The molecule has 3 aromatic rings. The summed E-state index contributed by atoms with van der Waals surface area (Å²) in [5, 5.41) is 0.943. The summed E-state index contributed by atoms with van der Waals surface area (Å²) in [5.41, 5.74) is 3.88. The van der Waals surface area contributed by atoms with Crippen LogP contribution in [0.1, 0.15) is 28.0 Å². The second kappa shape index (κ2) is 7.89. The number of amides is 1. The number of nitrogens with zero attached hydrogens (tertiary/aromatic N) is 3. The van der Waals surface area contributed by atoms with Crippen LogP contribution < -0.4 is 0 Å². The fourth-order valence-electron chi connectivity index (χ4n) is 3.83. The summed E-state index contributed by atoms with van der Waals surface area (Å²) in [6, 6.07) is 20.4. The van der Waals surface area contributed by atoms with Gasteiger partial charge < -0.3 is 4.90 Å². The molecule has 0 aliphatic carbocycles. The molecule has 4 heteroatoms. The zero-order valence-corrected chi connectivity index (χ0v) is 15.8. The van der Waals surface area contributed by atoms with Crippen LogP contribution in [0.4, 0.5) is 0 Å². The Balaban J connectivity index is 1.50. The van der Waals surface area contributed by atoms with Crippen molar-refractivity contribution in [2.75, 3.05) is 26.2 Å². The number of fused-ring (bicyclic) bond motifs is 1. The highest BCUT2D eigenvalue weighted by atomic mass is 16.2. The van der Waals surface area contributed by atoms with Gasteiger partial charge in [0.05, 0.1) is 11.1 Å². The topological polar surface area (TPSA) is 36.4 Å². The van der Waals surface area contributed by atoms with Gasteiger partial charge in [-0.1, -0.05) is 48.5 Å². The van der Waals surface area contributed by atoms with Crippen molar-refractivity contribution < 1.29 is 4.79 Å². The molecule has 1 aromatic heterocycles. The molecule has 0 bridgehead atoms. The minimum absolute atomic E-state index is 0.123. The van der Waals surface area contributed by atoms with Gasteiger partial charge in [-0.2, -0.15) is 0 Å². The molecular weight excluding hydrogens is 334 g/mol. The van der Waals surface area contributed by atoms with Gasteiger partial charge in [-0.3, -0.25) is 14.7 Å². The van der Waals surface area contributed by atoms with Crippen LogP contribution in [0.2, 0.25) is 0 Å². The van der Waals surface area contributed by atoms with Gasteiger partial charge in [-0.25, -0.2) is 0 Å². The first kappa shape index (κ1) is 17.7. The molecule has 0 spiro atoms. The Morgan fingerprint density at radius 2 is 1.74 bits per heavy atom. The number of hydrogen-bond acceptors (Lipinski definition) is 3. The second-order valence-electron chi connectivity index (χ2n) is 7.24. The van der Waals surface area contributed by atoms with Gasteiger partial charge in [0.2, 0.25) is 0 Å². The first-order chi connectivity index (χ1) is 13.2. The maximum Gasteiger partial charge on any atom is 0.254 e. The highest BCUT2D eigenvalue weighted by Crippen LogP contribution is 2.21. The lowest BCUT2D eigenvalue weighted by Crippen LogP contribution is -2.35. The molecule has 2 aromatic carbocycles. The first-order valence-electron chi connectivity index (χ1n) is 9.63. The number of carbonyl (C=O) groups is 1. The van der Waals surface area contributed by atoms with Crippen LogP contribution in [0.3, 0.4) is 0 Å². The highest BCUT2D eigenvalue weighted by Gasteiger charge is 2.22. The second-order valence-corrected chi connectivity index (χ2v) is 7.24. The molecule has 1 saturated heterocycles. The van der Waals surface area contributed by atoms with Crippen molar-refractivity contribution in [1.82, 2.24) is 14.8 Å².